The molecule has 96 valence electrons. The molecule has 1 aromatic rings. The number of hydrogen-bond acceptors (Lipinski definition) is 3. The van der Waals surface area contributed by atoms with Crippen LogP contribution in [0.3, 0.4) is 0 Å². The molecule has 1 aromatic carbocycles. The van der Waals surface area contributed by atoms with Gasteiger partial charge in [0.25, 0.3) is 0 Å². The average molecular weight is 249 g/mol. The SMILES string of the molecule is NC(CC(=O)O)c1ccccc1N1CCNC1=O. The van der Waals surface area contributed by atoms with Crippen LogP contribution >= 0.6 is 0 Å². The van der Waals surface area contributed by atoms with Crippen LogP contribution in [0, 0.1) is 0 Å². The van der Waals surface area contributed by atoms with E-state index in [2.05, 4.69) is 5.32 Å². The number of carbonyl (C=O) groups is 2. The molecule has 1 unspecified atom stereocenters. The van der Waals surface area contributed by atoms with Crippen LogP contribution in [0.4, 0.5) is 10.5 Å². The van der Waals surface area contributed by atoms with Crippen molar-refractivity contribution in [3.05, 3.63) is 29.8 Å². The van der Waals surface area contributed by atoms with Crippen LogP contribution in [0.1, 0.15) is 18.0 Å². The molecule has 1 heterocycles. The summed E-state index contributed by atoms with van der Waals surface area (Å²) in [5.74, 6) is -0.955. The Bertz CT molecular complexity index is 475. The highest BCUT2D eigenvalue weighted by molar-refractivity contribution is 5.95. The van der Waals surface area contributed by atoms with Crippen molar-refractivity contribution in [1.29, 1.82) is 0 Å². The minimum Gasteiger partial charge on any atom is -0.481 e. The van der Waals surface area contributed by atoms with Crippen LogP contribution in [-0.4, -0.2) is 30.2 Å². The highest BCUT2D eigenvalue weighted by Crippen LogP contribution is 2.27. The first-order chi connectivity index (χ1) is 8.59. The molecule has 0 saturated carbocycles. The highest BCUT2D eigenvalue weighted by atomic mass is 16.4. The smallest absolute Gasteiger partial charge is 0.322 e. The molecule has 4 N–H and O–H groups in total. The first kappa shape index (κ1) is 12.4. The van der Waals surface area contributed by atoms with Gasteiger partial charge < -0.3 is 16.2 Å². The van der Waals surface area contributed by atoms with Crippen molar-refractivity contribution in [1.82, 2.24) is 5.32 Å². The molecule has 0 aromatic heterocycles. The largest absolute Gasteiger partial charge is 0.481 e. The number of anilines is 1. The molecule has 0 bridgehead atoms. The van der Waals surface area contributed by atoms with Crippen LogP contribution in [0.5, 0.6) is 0 Å². The van der Waals surface area contributed by atoms with Gasteiger partial charge in [-0.25, -0.2) is 4.79 Å². The predicted molar refractivity (Wildman–Crippen MR) is 66.4 cm³/mol. The minimum absolute atomic E-state index is 0.160. The second-order valence-corrected chi connectivity index (χ2v) is 4.15. The van der Waals surface area contributed by atoms with Crippen molar-refractivity contribution in [3.8, 4) is 0 Å². The molecule has 6 heteroatoms. The first-order valence-corrected chi connectivity index (χ1v) is 5.71. The number of carboxylic acids is 1. The molecule has 2 rings (SSSR count). The third-order valence-electron chi connectivity index (χ3n) is 2.88. The van der Waals surface area contributed by atoms with Crippen molar-refractivity contribution in [2.45, 2.75) is 12.5 Å². The number of hydrogen-bond donors (Lipinski definition) is 3. The van der Waals surface area contributed by atoms with Crippen LogP contribution in [-0.2, 0) is 4.79 Å². The number of carbonyl (C=O) groups excluding carboxylic acids is 1. The third kappa shape index (κ3) is 2.43. The van der Waals surface area contributed by atoms with Crippen LogP contribution in [0.2, 0.25) is 0 Å². The van der Waals surface area contributed by atoms with Gasteiger partial charge in [-0.05, 0) is 11.6 Å². The van der Waals surface area contributed by atoms with Crippen LogP contribution < -0.4 is 16.0 Å². The van der Waals surface area contributed by atoms with Gasteiger partial charge in [-0.1, -0.05) is 18.2 Å². The Morgan fingerprint density at radius 3 is 2.83 bits per heavy atom. The Kier molecular flexibility index (Phi) is 3.47. The maximum absolute atomic E-state index is 11.6. The average Bonchev–Trinajstić information content (AvgIpc) is 2.74. The lowest BCUT2D eigenvalue weighted by molar-refractivity contribution is -0.137. The number of para-hydroxylation sites is 1. The molecule has 0 aliphatic carbocycles. The summed E-state index contributed by atoms with van der Waals surface area (Å²) in [7, 11) is 0. The van der Waals surface area contributed by atoms with E-state index in [1.165, 1.54) is 0 Å². The summed E-state index contributed by atoms with van der Waals surface area (Å²) in [6.45, 7) is 1.15. The number of urea groups is 1. The van der Waals surface area contributed by atoms with Crippen molar-refractivity contribution in [2.75, 3.05) is 18.0 Å². The molecular formula is C12H15N3O3. The van der Waals surface area contributed by atoms with E-state index in [9.17, 15) is 9.59 Å². The summed E-state index contributed by atoms with van der Waals surface area (Å²) >= 11 is 0. The van der Waals surface area contributed by atoms with E-state index in [0.717, 1.165) is 0 Å². The Balaban J connectivity index is 2.30. The number of nitrogens with zero attached hydrogens (tertiary/aromatic N) is 1. The Labute approximate surface area is 104 Å². The van der Waals surface area contributed by atoms with E-state index in [4.69, 9.17) is 10.8 Å². The Morgan fingerprint density at radius 2 is 2.22 bits per heavy atom. The molecule has 18 heavy (non-hydrogen) atoms. The summed E-state index contributed by atoms with van der Waals surface area (Å²) in [5, 5.41) is 11.5. The van der Waals surface area contributed by atoms with Crippen LogP contribution in [0.25, 0.3) is 0 Å². The topological polar surface area (TPSA) is 95.7 Å². The summed E-state index contributed by atoms with van der Waals surface area (Å²) < 4.78 is 0. The first-order valence-electron chi connectivity index (χ1n) is 5.71. The van der Waals surface area contributed by atoms with Gasteiger partial charge in [0.15, 0.2) is 0 Å². The maximum atomic E-state index is 11.6. The minimum atomic E-state index is -0.955. The molecule has 1 fully saturated rings. The van der Waals surface area contributed by atoms with E-state index in [-0.39, 0.29) is 12.5 Å². The van der Waals surface area contributed by atoms with Crippen molar-refractivity contribution < 1.29 is 14.7 Å². The highest BCUT2D eigenvalue weighted by Gasteiger charge is 2.25. The molecule has 2 amide bonds. The maximum Gasteiger partial charge on any atom is 0.322 e. The number of rotatable bonds is 4. The molecule has 1 aliphatic rings. The molecule has 6 nitrogen and oxygen atoms in total. The fourth-order valence-electron chi connectivity index (χ4n) is 2.05. The molecule has 0 radical (unpaired) electrons. The predicted octanol–water partition coefficient (Wildman–Crippen LogP) is 0.691. The Morgan fingerprint density at radius 1 is 1.50 bits per heavy atom. The van der Waals surface area contributed by atoms with Gasteiger partial charge in [0, 0.05) is 19.1 Å². The van der Waals surface area contributed by atoms with Gasteiger partial charge in [-0.2, -0.15) is 0 Å². The molecule has 0 spiro atoms. The van der Waals surface area contributed by atoms with E-state index in [1.807, 2.05) is 0 Å². The van der Waals surface area contributed by atoms with Crippen molar-refractivity contribution >= 4 is 17.7 Å². The monoisotopic (exact) mass is 249 g/mol. The van der Waals surface area contributed by atoms with Gasteiger partial charge in [0.2, 0.25) is 0 Å². The second-order valence-electron chi connectivity index (χ2n) is 4.15. The number of nitrogens with one attached hydrogen (secondary N) is 1. The molecule has 1 saturated heterocycles. The van der Waals surface area contributed by atoms with E-state index >= 15 is 0 Å². The zero-order valence-corrected chi connectivity index (χ0v) is 9.80. The number of carboxylic acid groups (broad SMARTS) is 1. The molecule has 1 aliphatic heterocycles. The second kappa shape index (κ2) is 5.05. The molecule has 1 atom stereocenters. The standard InChI is InChI=1S/C12H15N3O3/c13-9(7-11(16)17)8-3-1-2-4-10(8)15-6-5-14-12(15)18/h1-4,9H,5-7,13H2,(H,14,18)(H,16,17). The van der Waals surface area contributed by atoms with Gasteiger partial charge in [-0.15, -0.1) is 0 Å². The lowest BCUT2D eigenvalue weighted by Crippen LogP contribution is -2.29. The van der Waals surface area contributed by atoms with Crippen LogP contribution in [0.15, 0.2) is 24.3 Å². The summed E-state index contributed by atoms with van der Waals surface area (Å²) in [5.41, 5.74) is 7.23. The number of aliphatic carboxylic acids is 1. The van der Waals surface area contributed by atoms with E-state index in [0.29, 0.717) is 24.3 Å². The zero-order valence-electron chi connectivity index (χ0n) is 9.80. The van der Waals surface area contributed by atoms with Crippen molar-refractivity contribution in [3.63, 3.8) is 0 Å². The van der Waals surface area contributed by atoms with Gasteiger partial charge >= 0.3 is 12.0 Å². The fraction of sp³-hybridized carbons (Fsp3) is 0.333. The molecular weight excluding hydrogens is 234 g/mol. The zero-order chi connectivity index (χ0) is 13.1. The van der Waals surface area contributed by atoms with E-state index in [1.54, 1.807) is 29.2 Å². The normalized spacial score (nSPS) is 16.5. The quantitative estimate of drug-likeness (QED) is 0.731. The van der Waals surface area contributed by atoms with Gasteiger partial charge in [-0.3, -0.25) is 9.69 Å². The van der Waals surface area contributed by atoms with Gasteiger partial charge in [0.05, 0.1) is 12.1 Å². The lowest BCUT2D eigenvalue weighted by Gasteiger charge is -2.21. The van der Waals surface area contributed by atoms with E-state index < -0.39 is 12.0 Å². The summed E-state index contributed by atoms with van der Waals surface area (Å²) in [6.07, 6.45) is -0.160. The lowest BCUT2D eigenvalue weighted by atomic mass is 10.0. The summed E-state index contributed by atoms with van der Waals surface area (Å²) in [6, 6.07) is 6.33. The number of benzene rings is 1. The Hall–Kier alpha value is -2.08. The third-order valence-corrected chi connectivity index (χ3v) is 2.88. The fourth-order valence-corrected chi connectivity index (χ4v) is 2.05. The van der Waals surface area contributed by atoms with Gasteiger partial charge in [0.1, 0.15) is 0 Å². The summed E-state index contributed by atoms with van der Waals surface area (Å²) in [4.78, 5) is 23.9. The van der Waals surface area contributed by atoms with Crippen molar-refractivity contribution in [2.24, 2.45) is 5.73 Å². The number of amides is 2. The number of nitrogens with two attached hydrogens (primary N) is 1.